The zero-order valence-electron chi connectivity index (χ0n) is 28.7. The van der Waals surface area contributed by atoms with Crippen molar-refractivity contribution in [1.82, 2.24) is 14.8 Å². The van der Waals surface area contributed by atoms with Crippen LogP contribution in [0.4, 0.5) is 47.4 Å². The van der Waals surface area contributed by atoms with E-state index in [1.165, 1.54) is 11.8 Å². The molecule has 0 saturated carbocycles. The first-order valence-corrected chi connectivity index (χ1v) is 16.7. The van der Waals surface area contributed by atoms with Gasteiger partial charge in [-0.05, 0) is 77.3 Å². The van der Waals surface area contributed by atoms with E-state index in [-0.39, 0.29) is 18.7 Å². The number of anilines is 2. The topological polar surface area (TPSA) is 87.7 Å². The van der Waals surface area contributed by atoms with E-state index in [4.69, 9.17) is 19.2 Å². The monoisotopic (exact) mass is 715 g/mol. The second kappa shape index (κ2) is 14.3. The Labute approximate surface area is 287 Å². The van der Waals surface area contributed by atoms with Crippen molar-refractivity contribution in [2.45, 2.75) is 90.1 Å². The zero-order chi connectivity index (χ0) is 36.6. The number of carbonyl (C=O) groups excluding carboxylic acids is 2. The molecular weight excluding hydrogens is 672 g/mol. The van der Waals surface area contributed by atoms with Crippen LogP contribution in [-0.2, 0) is 33.1 Å². The summed E-state index contributed by atoms with van der Waals surface area (Å²) in [5.41, 5.74) is -2.62. The summed E-state index contributed by atoms with van der Waals surface area (Å²) >= 11 is 0. The van der Waals surface area contributed by atoms with Crippen molar-refractivity contribution in [2.24, 2.45) is 0 Å². The summed E-state index contributed by atoms with van der Waals surface area (Å²) in [6, 6.07) is 2.33. The van der Waals surface area contributed by atoms with E-state index in [0.717, 1.165) is 18.5 Å². The molecule has 3 fully saturated rings. The fourth-order valence-electron chi connectivity index (χ4n) is 6.58. The third-order valence-corrected chi connectivity index (χ3v) is 9.14. The van der Waals surface area contributed by atoms with Gasteiger partial charge in [0.05, 0.1) is 35.6 Å². The van der Waals surface area contributed by atoms with Crippen LogP contribution in [0, 0.1) is 0 Å². The lowest BCUT2D eigenvalue weighted by atomic mass is 9.97. The van der Waals surface area contributed by atoms with E-state index in [9.17, 15) is 35.9 Å². The maximum atomic E-state index is 13.7. The molecule has 0 aliphatic carbocycles. The molecule has 1 aromatic heterocycles. The smallest absolute Gasteiger partial charge is 0.416 e. The van der Waals surface area contributed by atoms with E-state index < -0.39 is 59.0 Å². The van der Waals surface area contributed by atoms with Crippen LogP contribution < -0.4 is 9.80 Å². The van der Waals surface area contributed by atoms with Gasteiger partial charge in [0.2, 0.25) is 0 Å². The quantitative estimate of drug-likeness (QED) is 0.277. The Hall–Kier alpha value is -3.95. The highest BCUT2D eigenvalue weighted by molar-refractivity contribution is 5.72. The van der Waals surface area contributed by atoms with Crippen LogP contribution in [0.3, 0.4) is 0 Å². The van der Waals surface area contributed by atoms with Gasteiger partial charge < -0.3 is 28.9 Å². The molecule has 4 heterocycles. The van der Waals surface area contributed by atoms with Gasteiger partial charge in [0, 0.05) is 57.5 Å². The van der Waals surface area contributed by atoms with Crippen molar-refractivity contribution in [3.05, 3.63) is 52.7 Å². The highest BCUT2D eigenvalue weighted by Crippen LogP contribution is 2.42. The summed E-state index contributed by atoms with van der Waals surface area (Å²) in [7, 11) is 0. The molecule has 2 atom stereocenters. The Morgan fingerprint density at radius 2 is 1.56 bits per heavy atom. The third-order valence-electron chi connectivity index (χ3n) is 9.14. The van der Waals surface area contributed by atoms with E-state index >= 15 is 0 Å². The zero-order valence-corrected chi connectivity index (χ0v) is 28.7. The van der Waals surface area contributed by atoms with Crippen molar-refractivity contribution in [2.75, 3.05) is 55.7 Å². The summed E-state index contributed by atoms with van der Waals surface area (Å²) in [6.07, 6.45) is -9.51. The molecule has 50 heavy (non-hydrogen) atoms. The predicted octanol–water partition coefficient (Wildman–Crippen LogP) is 7.26. The standard InChI is InChI=1S/C34H43F6N5O5/c1-6-44(26-7-13-48-14-8-26)29-23(17-27(19-41-29)42-9-11-43(12-10-42)30(46)50-32(3,4)5)20-45-21(2)28(49-31(45)47)22-15-24(33(35,36)37)18-25(16-22)34(38,39)40/h15-19,21,26,28H,6-14,20H2,1-5H3/t21-,28-/m0/s1. The Bertz CT molecular complexity index is 1500. The average Bonchev–Trinajstić information content (AvgIpc) is 3.33. The van der Waals surface area contributed by atoms with Gasteiger partial charge in [0.25, 0.3) is 0 Å². The number of benzene rings is 1. The molecule has 10 nitrogen and oxygen atoms in total. The van der Waals surface area contributed by atoms with Crippen LogP contribution in [0.15, 0.2) is 30.5 Å². The van der Waals surface area contributed by atoms with Crippen molar-refractivity contribution in [3.63, 3.8) is 0 Å². The van der Waals surface area contributed by atoms with Gasteiger partial charge in [0.1, 0.15) is 17.5 Å². The molecule has 2 aromatic rings. The maximum Gasteiger partial charge on any atom is 0.416 e. The van der Waals surface area contributed by atoms with Gasteiger partial charge >= 0.3 is 24.5 Å². The van der Waals surface area contributed by atoms with Crippen LogP contribution in [0.25, 0.3) is 0 Å². The van der Waals surface area contributed by atoms with Gasteiger partial charge in [-0.2, -0.15) is 26.3 Å². The second-order valence-corrected chi connectivity index (χ2v) is 13.8. The van der Waals surface area contributed by atoms with Crippen LogP contribution in [0.2, 0.25) is 0 Å². The number of rotatable bonds is 7. The molecule has 0 bridgehead atoms. The lowest BCUT2D eigenvalue weighted by molar-refractivity contribution is -0.143. The minimum atomic E-state index is -5.05. The first-order valence-electron chi connectivity index (χ1n) is 16.7. The van der Waals surface area contributed by atoms with E-state index in [2.05, 4.69) is 9.80 Å². The number of hydrogen-bond donors (Lipinski definition) is 0. The van der Waals surface area contributed by atoms with Crippen molar-refractivity contribution in [1.29, 1.82) is 0 Å². The largest absolute Gasteiger partial charge is 0.444 e. The lowest BCUT2D eigenvalue weighted by Gasteiger charge is -2.38. The molecular formula is C34H43F6N5O5. The SMILES string of the molecule is CCN(c1ncc(N2CCN(C(=O)OC(C)(C)C)CC2)cc1CN1C(=O)O[C@H](c2cc(C(F)(F)F)cc(C(F)(F)F)c2)[C@@H]1C)C1CCOCC1. The lowest BCUT2D eigenvalue weighted by Crippen LogP contribution is -2.50. The summed E-state index contributed by atoms with van der Waals surface area (Å²) < 4.78 is 98.5. The molecule has 3 aliphatic rings. The normalized spacial score (nSPS) is 21.0. The summed E-state index contributed by atoms with van der Waals surface area (Å²) in [5, 5.41) is 0. The molecule has 3 saturated heterocycles. The third kappa shape index (κ3) is 8.49. The van der Waals surface area contributed by atoms with Crippen LogP contribution in [0.1, 0.15) is 75.8 Å². The molecule has 1 aromatic carbocycles. The van der Waals surface area contributed by atoms with Crippen molar-refractivity contribution < 1.29 is 50.1 Å². The number of ether oxygens (including phenoxy) is 3. The first-order chi connectivity index (χ1) is 23.4. The number of amides is 2. The number of nitrogens with zero attached hydrogens (tertiary/aromatic N) is 5. The fraction of sp³-hybridized carbons (Fsp3) is 0.618. The number of piperazine rings is 1. The molecule has 5 rings (SSSR count). The molecule has 276 valence electrons. The van der Waals surface area contributed by atoms with Gasteiger partial charge in [-0.3, -0.25) is 4.90 Å². The average molecular weight is 716 g/mol. The number of carbonyl (C=O) groups is 2. The number of hydrogen-bond acceptors (Lipinski definition) is 8. The van der Waals surface area contributed by atoms with Gasteiger partial charge in [-0.1, -0.05) is 0 Å². The fourth-order valence-corrected chi connectivity index (χ4v) is 6.58. The molecule has 0 spiro atoms. The van der Waals surface area contributed by atoms with Crippen molar-refractivity contribution >= 4 is 23.7 Å². The number of halogens is 6. The molecule has 3 aliphatic heterocycles. The minimum absolute atomic E-state index is 0.0507. The van der Waals surface area contributed by atoms with Crippen LogP contribution in [-0.4, -0.2) is 90.6 Å². The Kier molecular flexibility index (Phi) is 10.7. The molecule has 0 radical (unpaired) electrons. The summed E-state index contributed by atoms with van der Waals surface area (Å²) in [4.78, 5) is 37.9. The Morgan fingerprint density at radius 3 is 2.10 bits per heavy atom. The molecule has 0 unspecified atom stereocenters. The highest BCUT2D eigenvalue weighted by Gasteiger charge is 2.44. The Morgan fingerprint density at radius 1 is 0.960 bits per heavy atom. The maximum absolute atomic E-state index is 13.7. The Balaban J connectivity index is 1.44. The molecule has 2 amide bonds. The first kappa shape index (κ1) is 37.3. The van der Waals surface area contributed by atoms with Gasteiger partial charge in [-0.15, -0.1) is 0 Å². The number of alkyl halides is 6. The predicted molar refractivity (Wildman–Crippen MR) is 172 cm³/mol. The van der Waals surface area contributed by atoms with Crippen LogP contribution >= 0.6 is 0 Å². The van der Waals surface area contributed by atoms with Gasteiger partial charge in [0.15, 0.2) is 0 Å². The second-order valence-electron chi connectivity index (χ2n) is 13.8. The molecule has 16 heteroatoms. The van der Waals surface area contributed by atoms with E-state index in [1.54, 1.807) is 31.9 Å². The van der Waals surface area contributed by atoms with E-state index in [1.807, 2.05) is 13.0 Å². The van der Waals surface area contributed by atoms with E-state index in [0.29, 0.717) is 69.5 Å². The number of cyclic esters (lactones) is 1. The van der Waals surface area contributed by atoms with Crippen LogP contribution in [0.5, 0.6) is 0 Å². The minimum Gasteiger partial charge on any atom is -0.444 e. The summed E-state index contributed by atoms with van der Waals surface area (Å²) in [5.74, 6) is 0.609. The molecule has 0 N–H and O–H groups in total. The number of pyridine rings is 1. The highest BCUT2D eigenvalue weighted by atomic mass is 19.4. The summed E-state index contributed by atoms with van der Waals surface area (Å²) in [6.45, 7) is 12.4. The van der Waals surface area contributed by atoms with Crippen molar-refractivity contribution in [3.8, 4) is 0 Å². The van der Waals surface area contributed by atoms with Gasteiger partial charge in [-0.25, -0.2) is 14.6 Å². The number of aromatic nitrogens is 1.